The van der Waals surface area contributed by atoms with E-state index in [-0.39, 0.29) is 5.92 Å². The number of rotatable bonds is 8. The van der Waals surface area contributed by atoms with E-state index < -0.39 is 0 Å². The average molecular weight is 210 g/mol. The van der Waals surface area contributed by atoms with Gasteiger partial charge in [0.2, 0.25) is 0 Å². The van der Waals surface area contributed by atoms with Crippen molar-refractivity contribution < 1.29 is 4.79 Å². The summed E-state index contributed by atoms with van der Waals surface area (Å²) < 4.78 is 0. The van der Waals surface area contributed by atoms with Gasteiger partial charge in [-0.2, -0.15) is 0 Å². The fourth-order valence-corrected chi connectivity index (χ4v) is 1.55. The van der Waals surface area contributed by atoms with Crippen molar-refractivity contribution in [3.63, 3.8) is 0 Å². The second-order valence-electron chi connectivity index (χ2n) is 5.03. The zero-order valence-corrected chi connectivity index (χ0v) is 10.8. The van der Waals surface area contributed by atoms with Crippen LogP contribution in [0.5, 0.6) is 0 Å². The molecule has 1 nitrogen and oxygen atoms in total. The van der Waals surface area contributed by atoms with Crippen LogP contribution in [0.1, 0.15) is 59.8 Å². The van der Waals surface area contributed by atoms with Crippen LogP contribution >= 0.6 is 0 Å². The van der Waals surface area contributed by atoms with E-state index in [1.54, 1.807) is 0 Å². The highest BCUT2D eigenvalue weighted by molar-refractivity contribution is 5.52. The van der Waals surface area contributed by atoms with Crippen LogP contribution in [0.3, 0.4) is 0 Å². The summed E-state index contributed by atoms with van der Waals surface area (Å²) in [6, 6.07) is 0. The molecule has 0 aromatic rings. The third kappa shape index (κ3) is 9.71. The largest absolute Gasteiger partial charge is 0.303 e. The molecule has 0 bridgehead atoms. The van der Waals surface area contributed by atoms with Crippen LogP contribution in [0.15, 0.2) is 11.6 Å². The molecule has 0 aliphatic rings. The predicted molar refractivity (Wildman–Crippen MR) is 66.9 cm³/mol. The van der Waals surface area contributed by atoms with Crippen LogP contribution in [-0.2, 0) is 4.79 Å². The topological polar surface area (TPSA) is 17.1 Å². The summed E-state index contributed by atoms with van der Waals surface area (Å²) in [4.78, 5) is 10.4. The van der Waals surface area contributed by atoms with E-state index in [9.17, 15) is 4.79 Å². The van der Waals surface area contributed by atoms with Gasteiger partial charge in [0.25, 0.3) is 0 Å². The highest BCUT2D eigenvalue weighted by Crippen LogP contribution is 2.13. The van der Waals surface area contributed by atoms with Crippen LogP contribution in [-0.4, -0.2) is 6.29 Å². The molecular weight excluding hydrogens is 184 g/mol. The van der Waals surface area contributed by atoms with Gasteiger partial charge in [-0.15, -0.1) is 0 Å². The molecule has 0 aliphatic carbocycles. The van der Waals surface area contributed by atoms with Crippen LogP contribution < -0.4 is 0 Å². The number of hydrogen-bond donors (Lipinski definition) is 0. The van der Waals surface area contributed by atoms with Gasteiger partial charge in [-0.3, -0.25) is 0 Å². The predicted octanol–water partition coefficient (Wildman–Crippen LogP) is 4.37. The number of carbonyl (C=O) groups excluding carboxylic acids is 1. The quantitative estimate of drug-likeness (QED) is 0.429. The molecule has 0 radical (unpaired) electrons. The number of allylic oxidation sites excluding steroid dienone is 2. The van der Waals surface area contributed by atoms with Crippen LogP contribution in [0.4, 0.5) is 0 Å². The van der Waals surface area contributed by atoms with E-state index in [4.69, 9.17) is 0 Å². The van der Waals surface area contributed by atoms with Gasteiger partial charge in [-0.25, -0.2) is 0 Å². The summed E-state index contributed by atoms with van der Waals surface area (Å²) in [6.45, 7) is 8.72. The SMILES string of the molecule is CC(=CCCC(C)C=O)CCCC(C)C. The number of carbonyl (C=O) groups is 1. The summed E-state index contributed by atoms with van der Waals surface area (Å²) in [5, 5.41) is 0. The Labute approximate surface area is 95.0 Å². The minimum atomic E-state index is 0.213. The van der Waals surface area contributed by atoms with Crippen molar-refractivity contribution >= 4 is 6.29 Å². The van der Waals surface area contributed by atoms with Crippen molar-refractivity contribution in [2.75, 3.05) is 0 Å². The smallest absolute Gasteiger partial charge is 0.122 e. The molecule has 0 saturated carbocycles. The highest BCUT2D eigenvalue weighted by atomic mass is 16.1. The maximum Gasteiger partial charge on any atom is 0.122 e. The molecule has 0 spiro atoms. The van der Waals surface area contributed by atoms with Gasteiger partial charge in [-0.1, -0.05) is 38.8 Å². The van der Waals surface area contributed by atoms with Gasteiger partial charge in [0.1, 0.15) is 6.29 Å². The standard InChI is InChI=1S/C14H26O/c1-12(2)7-5-8-13(3)9-6-10-14(4)11-15/h9,11-12,14H,5-8,10H2,1-4H3. The molecule has 1 unspecified atom stereocenters. The van der Waals surface area contributed by atoms with Gasteiger partial charge < -0.3 is 4.79 Å². The molecule has 1 atom stereocenters. The van der Waals surface area contributed by atoms with Crippen LogP contribution in [0.2, 0.25) is 0 Å². The first-order chi connectivity index (χ1) is 7.06. The zero-order valence-electron chi connectivity index (χ0n) is 10.8. The third-order valence-corrected chi connectivity index (χ3v) is 2.70. The summed E-state index contributed by atoms with van der Waals surface area (Å²) in [5.41, 5.74) is 1.48. The van der Waals surface area contributed by atoms with E-state index in [2.05, 4.69) is 26.8 Å². The Balaban J connectivity index is 3.56. The number of aldehydes is 1. The van der Waals surface area contributed by atoms with Crippen LogP contribution in [0.25, 0.3) is 0 Å². The van der Waals surface area contributed by atoms with E-state index in [0.717, 1.165) is 25.0 Å². The number of hydrogen-bond acceptors (Lipinski definition) is 1. The monoisotopic (exact) mass is 210 g/mol. The lowest BCUT2D eigenvalue weighted by atomic mass is 10.0. The average Bonchev–Trinajstić information content (AvgIpc) is 2.17. The molecule has 0 rings (SSSR count). The molecule has 0 aliphatic heterocycles. The Bertz CT molecular complexity index is 192. The van der Waals surface area contributed by atoms with Crippen molar-refractivity contribution in [3.05, 3.63) is 11.6 Å². The normalized spacial score (nSPS) is 14.3. The Hall–Kier alpha value is -0.590. The second kappa shape index (κ2) is 8.70. The Morgan fingerprint density at radius 2 is 1.87 bits per heavy atom. The summed E-state index contributed by atoms with van der Waals surface area (Å²) in [5.74, 6) is 1.03. The first-order valence-electron chi connectivity index (χ1n) is 6.17. The molecule has 0 heterocycles. The van der Waals surface area contributed by atoms with Crippen molar-refractivity contribution in [2.45, 2.75) is 59.8 Å². The van der Waals surface area contributed by atoms with E-state index in [1.807, 2.05) is 6.92 Å². The summed E-state index contributed by atoms with van der Waals surface area (Å²) >= 11 is 0. The first-order valence-corrected chi connectivity index (χ1v) is 6.17. The Kier molecular flexibility index (Phi) is 8.35. The lowest BCUT2D eigenvalue weighted by molar-refractivity contribution is -0.110. The fourth-order valence-electron chi connectivity index (χ4n) is 1.55. The third-order valence-electron chi connectivity index (χ3n) is 2.70. The molecule has 0 N–H and O–H groups in total. The Morgan fingerprint density at radius 3 is 2.40 bits per heavy atom. The van der Waals surface area contributed by atoms with E-state index in [1.165, 1.54) is 24.8 Å². The van der Waals surface area contributed by atoms with Crippen molar-refractivity contribution in [1.82, 2.24) is 0 Å². The first kappa shape index (κ1) is 14.4. The van der Waals surface area contributed by atoms with Gasteiger partial charge in [0.05, 0.1) is 0 Å². The molecule has 0 aromatic heterocycles. The van der Waals surface area contributed by atoms with Gasteiger partial charge in [-0.05, 0) is 38.5 Å². The highest BCUT2D eigenvalue weighted by Gasteiger charge is 1.98. The molecule has 0 amide bonds. The van der Waals surface area contributed by atoms with Gasteiger partial charge >= 0.3 is 0 Å². The summed E-state index contributed by atoms with van der Waals surface area (Å²) in [6.07, 6.45) is 9.20. The maximum absolute atomic E-state index is 10.4. The van der Waals surface area contributed by atoms with Crippen molar-refractivity contribution in [2.24, 2.45) is 11.8 Å². The van der Waals surface area contributed by atoms with Gasteiger partial charge in [0, 0.05) is 5.92 Å². The minimum absolute atomic E-state index is 0.213. The molecule has 88 valence electrons. The second-order valence-corrected chi connectivity index (χ2v) is 5.03. The van der Waals surface area contributed by atoms with Crippen molar-refractivity contribution in [3.8, 4) is 0 Å². The van der Waals surface area contributed by atoms with E-state index >= 15 is 0 Å². The van der Waals surface area contributed by atoms with Crippen molar-refractivity contribution in [1.29, 1.82) is 0 Å². The zero-order chi connectivity index (χ0) is 11.7. The van der Waals surface area contributed by atoms with E-state index in [0.29, 0.717) is 0 Å². The molecule has 0 fully saturated rings. The Morgan fingerprint density at radius 1 is 1.20 bits per heavy atom. The van der Waals surface area contributed by atoms with Gasteiger partial charge in [0.15, 0.2) is 0 Å². The summed E-state index contributed by atoms with van der Waals surface area (Å²) in [7, 11) is 0. The molecule has 0 saturated heterocycles. The lowest BCUT2D eigenvalue weighted by Crippen LogP contribution is -1.94. The lowest BCUT2D eigenvalue weighted by Gasteiger charge is -2.05. The minimum Gasteiger partial charge on any atom is -0.303 e. The fraction of sp³-hybridized carbons (Fsp3) is 0.786. The molecule has 15 heavy (non-hydrogen) atoms. The molecule has 0 aromatic carbocycles. The molecular formula is C14H26O. The maximum atomic E-state index is 10.4. The molecule has 1 heteroatoms. The van der Waals surface area contributed by atoms with Crippen LogP contribution in [0, 0.1) is 11.8 Å².